The van der Waals surface area contributed by atoms with Gasteiger partial charge in [-0.25, -0.2) is 4.39 Å². The average Bonchev–Trinajstić information content (AvgIpc) is 2.28. The summed E-state index contributed by atoms with van der Waals surface area (Å²) < 4.78 is 13.9. The second-order valence-electron chi connectivity index (χ2n) is 6.11. The molecule has 1 aromatic rings. The van der Waals surface area contributed by atoms with Gasteiger partial charge in [-0.15, -0.1) is 0 Å². The maximum atomic E-state index is 13.9. The lowest BCUT2D eigenvalue weighted by Crippen LogP contribution is -2.38. The van der Waals surface area contributed by atoms with Gasteiger partial charge in [0.15, 0.2) is 0 Å². The Morgan fingerprint density at radius 2 is 1.89 bits per heavy atom. The molecule has 0 aliphatic carbocycles. The molecule has 100 valence electrons. The zero-order valence-corrected chi connectivity index (χ0v) is 11.5. The minimum atomic E-state index is -0.267. The Morgan fingerprint density at radius 3 is 2.44 bits per heavy atom. The van der Waals surface area contributed by atoms with E-state index in [1.54, 1.807) is 6.07 Å². The molecule has 0 saturated carbocycles. The second kappa shape index (κ2) is 4.88. The van der Waals surface area contributed by atoms with Crippen molar-refractivity contribution >= 4 is 5.69 Å². The molecule has 0 aromatic heterocycles. The highest BCUT2D eigenvalue weighted by atomic mass is 19.1. The molecule has 0 bridgehead atoms. The molecular formula is C15H23FN2. The number of benzene rings is 1. The average molecular weight is 250 g/mol. The Labute approximate surface area is 109 Å². The molecule has 1 aliphatic heterocycles. The zero-order chi connectivity index (χ0) is 13.3. The summed E-state index contributed by atoms with van der Waals surface area (Å²) in [4.78, 5) is 2.27. The van der Waals surface area contributed by atoms with E-state index < -0.39 is 0 Å². The number of rotatable bonds is 2. The molecule has 0 radical (unpaired) electrons. The molecule has 1 aliphatic rings. The first-order chi connectivity index (χ1) is 8.41. The van der Waals surface area contributed by atoms with E-state index in [1.165, 1.54) is 6.07 Å². The summed E-state index contributed by atoms with van der Waals surface area (Å²) in [5, 5.41) is 0. The molecule has 1 heterocycles. The van der Waals surface area contributed by atoms with E-state index in [4.69, 9.17) is 5.73 Å². The number of hydrogen-bond acceptors (Lipinski definition) is 2. The maximum Gasteiger partial charge on any atom is 0.130 e. The quantitative estimate of drug-likeness (QED) is 0.870. The third-order valence-electron chi connectivity index (χ3n) is 3.94. The highest BCUT2D eigenvalue weighted by Gasteiger charge is 2.27. The largest absolute Gasteiger partial charge is 0.371 e. The van der Waals surface area contributed by atoms with Gasteiger partial charge in [0.1, 0.15) is 5.82 Å². The van der Waals surface area contributed by atoms with Crippen molar-refractivity contribution in [3.63, 3.8) is 0 Å². The Morgan fingerprint density at radius 1 is 1.28 bits per heavy atom. The van der Waals surface area contributed by atoms with E-state index in [0.717, 1.165) is 31.6 Å². The predicted molar refractivity (Wildman–Crippen MR) is 74.2 cm³/mol. The van der Waals surface area contributed by atoms with Crippen LogP contribution in [0, 0.1) is 11.2 Å². The molecule has 3 heteroatoms. The fourth-order valence-electron chi connectivity index (χ4n) is 2.61. The van der Waals surface area contributed by atoms with Crippen LogP contribution in [-0.4, -0.2) is 13.1 Å². The van der Waals surface area contributed by atoms with E-state index in [2.05, 4.69) is 18.7 Å². The minimum absolute atomic E-state index is 0.188. The highest BCUT2D eigenvalue weighted by Crippen LogP contribution is 2.35. The SMILES string of the molecule is C[C@H](N)c1c(F)cccc1N1CCC(C)(C)CC1. The third kappa shape index (κ3) is 2.66. The summed E-state index contributed by atoms with van der Waals surface area (Å²) in [5.74, 6) is -0.188. The summed E-state index contributed by atoms with van der Waals surface area (Å²) >= 11 is 0. The van der Waals surface area contributed by atoms with Crippen molar-refractivity contribution in [2.24, 2.45) is 11.1 Å². The summed E-state index contributed by atoms with van der Waals surface area (Å²) in [6.45, 7) is 8.40. The molecule has 1 aromatic carbocycles. The van der Waals surface area contributed by atoms with Crippen LogP contribution in [0.2, 0.25) is 0 Å². The molecule has 1 fully saturated rings. The number of nitrogens with zero attached hydrogens (tertiary/aromatic N) is 1. The van der Waals surface area contributed by atoms with Gasteiger partial charge in [-0.1, -0.05) is 19.9 Å². The summed E-state index contributed by atoms with van der Waals surface area (Å²) in [5.41, 5.74) is 7.93. The van der Waals surface area contributed by atoms with Crippen LogP contribution in [0.1, 0.15) is 45.2 Å². The second-order valence-corrected chi connectivity index (χ2v) is 6.11. The molecule has 1 saturated heterocycles. The van der Waals surface area contributed by atoms with E-state index in [1.807, 2.05) is 13.0 Å². The number of piperidine rings is 1. The maximum absolute atomic E-state index is 13.9. The number of nitrogens with two attached hydrogens (primary N) is 1. The zero-order valence-electron chi connectivity index (χ0n) is 11.5. The van der Waals surface area contributed by atoms with Gasteiger partial charge >= 0.3 is 0 Å². The normalized spacial score (nSPS) is 20.8. The Kier molecular flexibility index (Phi) is 3.62. The summed E-state index contributed by atoms with van der Waals surface area (Å²) in [7, 11) is 0. The van der Waals surface area contributed by atoms with Gasteiger partial charge in [0, 0.05) is 30.4 Å². The van der Waals surface area contributed by atoms with Crippen LogP contribution < -0.4 is 10.6 Å². The van der Waals surface area contributed by atoms with E-state index in [-0.39, 0.29) is 11.9 Å². The fraction of sp³-hybridized carbons (Fsp3) is 0.600. The van der Waals surface area contributed by atoms with E-state index in [0.29, 0.717) is 11.0 Å². The van der Waals surface area contributed by atoms with Crippen molar-refractivity contribution in [3.05, 3.63) is 29.6 Å². The van der Waals surface area contributed by atoms with Crippen LogP contribution in [0.3, 0.4) is 0 Å². The van der Waals surface area contributed by atoms with Gasteiger partial charge in [-0.2, -0.15) is 0 Å². The molecule has 0 unspecified atom stereocenters. The van der Waals surface area contributed by atoms with Gasteiger partial charge in [0.05, 0.1) is 0 Å². The van der Waals surface area contributed by atoms with Crippen LogP contribution in [-0.2, 0) is 0 Å². The molecule has 2 nitrogen and oxygen atoms in total. The summed E-state index contributed by atoms with van der Waals surface area (Å²) in [6, 6.07) is 4.99. The molecule has 18 heavy (non-hydrogen) atoms. The van der Waals surface area contributed by atoms with Crippen molar-refractivity contribution < 1.29 is 4.39 Å². The van der Waals surface area contributed by atoms with Crippen molar-refractivity contribution in [3.8, 4) is 0 Å². The Hall–Kier alpha value is -1.09. The van der Waals surface area contributed by atoms with Crippen molar-refractivity contribution in [1.29, 1.82) is 0 Å². The first kappa shape index (κ1) is 13.3. The molecule has 2 rings (SSSR count). The fourth-order valence-corrected chi connectivity index (χ4v) is 2.61. The molecule has 1 atom stereocenters. The number of halogens is 1. The van der Waals surface area contributed by atoms with Crippen molar-refractivity contribution in [2.75, 3.05) is 18.0 Å². The lowest BCUT2D eigenvalue weighted by atomic mass is 9.82. The molecule has 0 amide bonds. The van der Waals surface area contributed by atoms with Crippen LogP contribution in [0.25, 0.3) is 0 Å². The lowest BCUT2D eigenvalue weighted by Gasteiger charge is -2.39. The Balaban J connectivity index is 2.27. The van der Waals surface area contributed by atoms with Gasteiger partial charge in [0.2, 0.25) is 0 Å². The monoisotopic (exact) mass is 250 g/mol. The Bertz CT molecular complexity index is 417. The lowest BCUT2D eigenvalue weighted by molar-refractivity contribution is 0.279. The molecule has 0 spiro atoms. The van der Waals surface area contributed by atoms with Gasteiger partial charge in [0.25, 0.3) is 0 Å². The predicted octanol–water partition coefficient (Wildman–Crippen LogP) is 3.47. The molecule has 2 N–H and O–H groups in total. The first-order valence-corrected chi connectivity index (χ1v) is 6.70. The van der Waals surface area contributed by atoms with Crippen LogP contribution in [0.4, 0.5) is 10.1 Å². The first-order valence-electron chi connectivity index (χ1n) is 6.70. The summed E-state index contributed by atoms with van der Waals surface area (Å²) in [6.07, 6.45) is 2.28. The standard InChI is InChI=1S/C15H23FN2/c1-11(17)14-12(16)5-4-6-13(14)18-9-7-15(2,3)8-10-18/h4-6,11H,7-10,17H2,1-3H3/t11-/m0/s1. The van der Waals surface area contributed by atoms with Gasteiger partial charge in [-0.05, 0) is 37.3 Å². The number of anilines is 1. The van der Waals surface area contributed by atoms with Crippen LogP contribution in [0.15, 0.2) is 18.2 Å². The third-order valence-corrected chi connectivity index (χ3v) is 3.94. The van der Waals surface area contributed by atoms with Crippen molar-refractivity contribution in [1.82, 2.24) is 0 Å². The highest BCUT2D eigenvalue weighted by molar-refractivity contribution is 5.55. The smallest absolute Gasteiger partial charge is 0.130 e. The van der Waals surface area contributed by atoms with Gasteiger partial charge in [-0.3, -0.25) is 0 Å². The molecular weight excluding hydrogens is 227 g/mol. The van der Waals surface area contributed by atoms with Gasteiger partial charge < -0.3 is 10.6 Å². The van der Waals surface area contributed by atoms with Crippen LogP contribution in [0.5, 0.6) is 0 Å². The van der Waals surface area contributed by atoms with E-state index in [9.17, 15) is 4.39 Å². The van der Waals surface area contributed by atoms with Crippen LogP contribution >= 0.6 is 0 Å². The van der Waals surface area contributed by atoms with E-state index >= 15 is 0 Å². The topological polar surface area (TPSA) is 29.3 Å². The minimum Gasteiger partial charge on any atom is -0.371 e. The van der Waals surface area contributed by atoms with Crippen molar-refractivity contribution in [2.45, 2.75) is 39.7 Å². The number of hydrogen-bond donors (Lipinski definition) is 1.